The van der Waals surface area contributed by atoms with Gasteiger partial charge in [0.1, 0.15) is 12.7 Å². The van der Waals surface area contributed by atoms with Crippen LogP contribution >= 0.6 is 0 Å². The van der Waals surface area contributed by atoms with E-state index in [1.165, 1.54) is 11.9 Å². The summed E-state index contributed by atoms with van der Waals surface area (Å²) >= 11 is 0. The Balaban J connectivity index is 1.88. The molecule has 0 spiro atoms. The third-order valence-electron chi connectivity index (χ3n) is 2.85. The maximum atomic E-state index is 5.73. The van der Waals surface area contributed by atoms with Crippen LogP contribution in [0, 0.1) is 0 Å². The molecule has 0 saturated carbocycles. The minimum atomic E-state index is 0.132. The van der Waals surface area contributed by atoms with Crippen LogP contribution in [0.2, 0.25) is 0 Å². The molecule has 0 amide bonds. The Labute approximate surface area is 99.4 Å². The van der Waals surface area contributed by atoms with E-state index in [4.69, 9.17) is 4.74 Å². The molecule has 5 nitrogen and oxygen atoms in total. The van der Waals surface area contributed by atoms with Gasteiger partial charge < -0.3 is 10.1 Å². The van der Waals surface area contributed by atoms with Crippen molar-refractivity contribution in [1.29, 1.82) is 0 Å². The summed E-state index contributed by atoms with van der Waals surface area (Å²) < 4.78 is 7.48. The van der Waals surface area contributed by atoms with E-state index < -0.39 is 0 Å². The van der Waals surface area contributed by atoms with Crippen LogP contribution in [0.5, 0.6) is 0 Å². The van der Waals surface area contributed by atoms with Crippen molar-refractivity contribution in [2.45, 2.75) is 6.10 Å². The normalized spacial score (nSPS) is 20.4. The Hall–Kier alpha value is -1.72. The van der Waals surface area contributed by atoms with E-state index in [1.807, 2.05) is 12.1 Å². The highest BCUT2D eigenvalue weighted by Crippen LogP contribution is 2.20. The van der Waals surface area contributed by atoms with Crippen LogP contribution in [0.25, 0.3) is 5.69 Å². The van der Waals surface area contributed by atoms with E-state index in [2.05, 4.69) is 27.5 Å². The first-order valence-electron chi connectivity index (χ1n) is 5.71. The lowest BCUT2D eigenvalue weighted by molar-refractivity contribution is 0.0277. The number of morpholine rings is 1. The molecule has 1 aliphatic rings. The number of nitrogens with one attached hydrogen (secondary N) is 1. The van der Waals surface area contributed by atoms with Crippen LogP contribution in [0.3, 0.4) is 0 Å². The molecule has 88 valence electrons. The zero-order valence-electron chi connectivity index (χ0n) is 9.41. The van der Waals surface area contributed by atoms with Crippen LogP contribution in [0.4, 0.5) is 0 Å². The molecule has 1 aromatic heterocycles. The van der Waals surface area contributed by atoms with Crippen LogP contribution in [0.15, 0.2) is 36.9 Å². The number of benzene rings is 1. The molecular formula is C12H14N4O. The van der Waals surface area contributed by atoms with E-state index in [9.17, 15) is 0 Å². The molecule has 2 heterocycles. The summed E-state index contributed by atoms with van der Waals surface area (Å²) in [5.74, 6) is 0. The van der Waals surface area contributed by atoms with Crippen molar-refractivity contribution in [1.82, 2.24) is 20.1 Å². The van der Waals surface area contributed by atoms with Gasteiger partial charge in [-0.2, -0.15) is 5.10 Å². The van der Waals surface area contributed by atoms with E-state index in [1.54, 1.807) is 11.0 Å². The van der Waals surface area contributed by atoms with Gasteiger partial charge >= 0.3 is 0 Å². The van der Waals surface area contributed by atoms with Crippen molar-refractivity contribution in [3.63, 3.8) is 0 Å². The van der Waals surface area contributed by atoms with Gasteiger partial charge in [0, 0.05) is 13.1 Å². The number of ether oxygens (including phenoxy) is 1. The van der Waals surface area contributed by atoms with Gasteiger partial charge in [-0.25, -0.2) is 9.67 Å². The minimum absolute atomic E-state index is 0.132. The highest BCUT2D eigenvalue weighted by atomic mass is 16.5. The monoisotopic (exact) mass is 230 g/mol. The summed E-state index contributed by atoms with van der Waals surface area (Å²) in [6.45, 7) is 2.55. The molecule has 1 aliphatic heterocycles. The molecule has 1 unspecified atom stereocenters. The van der Waals surface area contributed by atoms with Gasteiger partial charge in [-0.15, -0.1) is 0 Å². The lowest BCUT2D eigenvalue weighted by Crippen LogP contribution is -2.33. The number of hydrogen-bond donors (Lipinski definition) is 1. The minimum Gasteiger partial charge on any atom is -0.371 e. The van der Waals surface area contributed by atoms with E-state index in [0.717, 1.165) is 25.4 Å². The largest absolute Gasteiger partial charge is 0.371 e. The molecule has 2 aromatic rings. The summed E-state index contributed by atoms with van der Waals surface area (Å²) in [6.07, 6.45) is 3.36. The highest BCUT2D eigenvalue weighted by molar-refractivity contribution is 5.35. The van der Waals surface area contributed by atoms with Gasteiger partial charge in [-0.3, -0.25) is 0 Å². The molecule has 1 saturated heterocycles. The first-order chi connectivity index (χ1) is 8.43. The zero-order valence-corrected chi connectivity index (χ0v) is 9.41. The Morgan fingerprint density at radius 2 is 2.41 bits per heavy atom. The summed E-state index contributed by atoms with van der Waals surface area (Å²) in [4.78, 5) is 3.95. The first kappa shape index (κ1) is 10.4. The zero-order chi connectivity index (χ0) is 11.5. The molecule has 5 heteroatoms. The summed E-state index contributed by atoms with van der Waals surface area (Å²) in [5.41, 5.74) is 2.18. The molecule has 17 heavy (non-hydrogen) atoms. The molecule has 0 bridgehead atoms. The SMILES string of the molecule is c1cc(C2CNCCO2)cc(-n2cncn2)c1. The van der Waals surface area contributed by atoms with Crippen LogP contribution < -0.4 is 5.32 Å². The number of hydrogen-bond acceptors (Lipinski definition) is 4. The predicted octanol–water partition coefficient (Wildman–Crippen LogP) is 0.928. The fourth-order valence-corrected chi connectivity index (χ4v) is 1.99. The molecule has 0 radical (unpaired) electrons. The van der Waals surface area contributed by atoms with Crippen molar-refractivity contribution in [2.24, 2.45) is 0 Å². The maximum Gasteiger partial charge on any atom is 0.138 e. The van der Waals surface area contributed by atoms with Crippen LogP contribution in [-0.4, -0.2) is 34.5 Å². The topological polar surface area (TPSA) is 52.0 Å². The van der Waals surface area contributed by atoms with Crippen molar-refractivity contribution >= 4 is 0 Å². The van der Waals surface area contributed by atoms with Crippen molar-refractivity contribution in [3.8, 4) is 5.69 Å². The molecule has 0 aliphatic carbocycles. The molecule has 1 fully saturated rings. The fourth-order valence-electron chi connectivity index (χ4n) is 1.99. The van der Waals surface area contributed by atoms with Gasteiger partial charge in [0.2, 0.25) is 0 Å². The van der Waals surface area contributed by atoms with Crippen molar-refractivity contribution in [3.05, 3.63) is 42.5 Å². The average Bonchev–Trinajstić information content (AvgIpc) is 2.94. The molecule has 3 rings (SSSR count). The van der Waals surface area contributed by atoms with Gasteiger partial charge in [-0.1, -0.05) is 12.1 Å². The van der Waals surface area contributed by atoms with Gasteiger partial charge in [0.15, 0.2) is 0 Å². The maximum absolute atomic E-state index is 5.73. The van der Waals surface area contributed by atoms with Crippen LogP contribution in [0.1, 0.15) is 11.7 Å². The van der Waals surface area contributed by atoms with E-state index in [0.29, 0.717) is 0 Å². The van der Waals surface area contributed by atoms with E-state index in [-0.39, 0.29) is 6.10 Å². The number of rotatable bonds is 2. The van der Waals surface area contributed by atoms with Gasteiger partial charge in [0.25, 0.3) is 0 Å². The van der Waals surface area contributed by atoms with Crippen LogP contribution in [-0.2, 0) is 4.74 Å². The summed E-state index contributed by atoms with van der Waals surface area (Å²) in [6, 6.07) is 8.20. The quantitative estimate of drug-likeness (QED) is 0.833. The Morgan fingerprint density at radius 3 is 3.18 bits per heavy atom. The second-order valence-electron chi connectivity index (χ2n) is 4.00. The Bertz CT molecular complexity index is 477. The van der Waals surface area contributed by atoms with E-state index >= 15 is 0 Å². The lowest BCUT2D eigenvalue weighted by Gasteiger charge is -2.24. The third-order valence-corrected chi connectivity index (χ3v) is 2.85. The third kappa shape index (κ3) is 2.20. The molecule has 1 aromatic carbocycles. The molecular weight excluding hydrogens is 216 g/mol. The lowest BCUT2D eigenvalue weighted by atomic mass is 10.1. The predicted molar refractivity (Wildman–Crippen MR) is 62.9 cm³/mol. The first-order valence-corrected chi connectivity index (χ1v) is 5.71. The molecule has 1 N–H and O–H groups in total. The second-order valence-corrected chi connectivity index (χ2v) is 4.00. The molecule has 1 atom stereocenters. The standard InChI is InChI=1S/C12H14N4O/c1-2-10(12-7-13-4-5-17-12)6-11(3-1)16-9-14-8-15-16/h1-3,6,8-9,12-13H,4-5,7H2. The fraction of sp³-hybridized carbons (Fsp3) is 0.333. The average molecular weight is 230 g/mol. The summed E-state index contributed by atoms with van der Waals surface area (Å²) in [5, 5.41) is 7.45. The summed E-state index contributed by atoms with van der Waals surface area (Å²) in [7, 11) is 0. The smallest absolute Gasteiger partial charge is 0.138 e. The number of nitrogens with zero attached hydrogens (tertiary/aromatic N) is 3. The second kappa shape index (κ2) is 4.65. The van der Waals surface area contributed by atoms with Crippen molar-refractivity contribution < 1.29 is 4.74 Å². The Kier molecular flexibility index (Phi) is 2.85. The Morgan fingerprint density at radius 1 is 1.41 bits per heavy atom. The van der Waals surface area contributed by atoms with Gasteiger partial charge in [-0.05, 0) is 17.7 Å². The van der Waals surface area contributed by atoms with Gasteiger partial charge in [0.05, 0.1) is 18.4 Å². The number of aromatic nitrogens is 3. The highest BCUT2D eigenvalue weighted by Gasteiger charge is 2.15. The van der Waals surface area contributed by atoms with Crippen molar-refractivity contribution in [2.75, 3.05) is 19.7 Å².